The lowest BCUT2D eigenvalue weighted by atomic mass is 10.2. The Labute approximate surface area is 114 Å². The summed E-state index contributed by atoms with van der Waals surface area (Å²) in [6.07, 6.45) is 0.874. The van der Waals surface area contributed by atoms with Crippen molar-refractivity contribution in [1.29, 1.82) is 0 Å². The standard InChI is InChI=1S/C13H15F2N3O2/c1-2-6-19-7-10(16)12-17-13(20-18-12)8-4-3-5-9(14)11(8)15/h3-5,10H,2,6-7,16H2,1H3. The zero-order valence-electron chi connectivity index (χ0n) is 11.0. The minimum absolute atomic E-state index is 0.0922. The first-order chi connectivity index (χ1) is 9.63. The summed E-state index contributed by atoms with van der Waals surface area (Å²) in [6.45, 7) is 2.79. The first-order valence-electron chi connectivity index (χ1n) is 6.24. The Bertz CT molecular complexity index is 574. The van der Waals surface area contributed by atoms with Crippen LogP contribution in [0.5, 0.6) is 0 Å². The van der Waals surface area contributed by atoms with Crippen molar-refractivity contribution in [2.24, 2.45) is 5.73 Å². The van der Waals surface area contributed by atoms with Gasteiger partial charge in [0.25, 0.3) is 5.89 Å². The second kappa shape index (κ2) is 6.53. The number of rotatable bonds is 6. The quantitative estimate of drug-likeness (QED) is 0.824. The van der Waals surface area contributed by atoms with Crippen LogP contribution in [0.25, 0.3) is 11.5 Å². The van der Waals surface area contributed by atoms with Crippen LogP contribution in [0, 0.1) is 11.6 Å². The highest BCUT2D eigenvalue weighted by atomic mass is 19.2. The number of hydrogen-bond donors (Lipinski definition) is 1. The molecule has 0 spiro atoms. The van der Waals surface area contributed by atoms with Crippen LogP contribution in [0.1, 0.15) is 25.2 Å². The Morgan fingerprint density at radius 2 is 2.20 bits per heavy atom. The molecule has 2 N–H and O–H groups in total. The highest BCUT2D eigenvalue weighted by Crippen LogP contribution is 2.23. The summed E-state index contributed by atoms with van der Waals surface area (Å²) in [4.78, 5) is 3.97. The fourth-order valence-corrected chi connectivity index (χ4v) is 1.59. The second-order valence-electron chi connectivity index (χ2n) is 4.24. The number of ether oxygens (including phenoxy) is 1. The van der Waals surface area contributed by atoms with Gasteiger partial charge >= 0.3 is 0 Å². The Morgan fingerprint density at radius 1 is 1.40 bits per heavy atom. The molecule has 1 heterocycles. The van der Waals surface area contributed by atoms with E-state index in [9.17, 15) is 8.78 Å². The molecule has 108 valence electrons. The van der Waals surface area contributed by atoms with E-state index in [4.69, 9.17) is 15.0 Å². The van der Waals surface area contributed by atoms with Crippen molar-refractivity contribution in [2.45, 2.75) is 19.4 Å². The van der Waals surface area contributed by atoms with E-state index in [0.717, 1.165) is 12.5 Å². The molecule has 0 radical (unpaired) electrons. The zero-order chi connectivity index (χ0) is 14.5. The average molecular weight is 283 g/mol. The number of aromatic nitrogens is 2. The van der Waals surface area contributed by atoms with Gasteiger partial charge in [-0.25, -0.2) is 8.78 Å². The maximum atomic E-state index is 13.6. The van der Waals surface area contributed by atoms with Crippen LogP contribution in [0.2, 0.25) is 0 Å². The smallest absolute Gasteiger partial charge is 0.261 e. The molecule has 0 aliphatic carbocycles. The molecule has 0 aliphatic rings. The Balaban J connectivity index is 2.14. The predicted molar refractivity (Wildman–Crippen MR) is 67.7 cm³/mol. The molecule has 0 saturated carbocycles. The van der Waals surface area contributed by atoms with Crippen LogP contribution >= 0.6 is 0 Å². The number of halogens is 2. The molecule has 0 amide bonds. The molecule has 1 atom stereocenters. The van der Waals surface area contributed by atoms with E-state index in [1.54, 1.807) is 0 Å². The van der Waals surface area contributed by atoms with Crippen molar-refractivity contribution in [1.82, 2.24) is 10.1 Å². The van der Waals surface area contributed by atoms with E-state index in [1.807, 2.05) is 6.92 Å². The molecule has 1 unspecified atom stereocenters. The van der Waals surface area contributed by atoms with Gasteiger partial charge in [0.1, 0.15) is 0 Å². The molecule has 7 heteroatoms. The van der Waals surface area contributed by atoms with Gasteiger partial charge < -0.3 is 15.0 Å². The fraction of sp³-hybridized carbons (Fsp3) is 0.385. The summed E-state index contributed by atoms with van der Waals surface area (Å²) < 4.78 is 36.9. The maximum Gasteiger partial charge on any atom is 0.261 e. The topological polar surface area (TPSA) is 74.2 Å². The van der Waals surface area contributed by atoms with Gasteiger partial charge in [-0.2, -0.15) is 4.98 Å². The number of nitrogens with zero attached hydrogens (tertiary/aromatic N) is 2. The summed E-state index contributed by atoms with van der Waals surface area (Å²) in [7, 11) is 0. The summed E-state index contributed by atoms with van der Waals surface area (Å²) in [6, 6.07) is 3.16. The van der Waals surface area contributed by atoms with E-state index < -0.39 is 17.7 Å². The van der Waals surface area contributed by atoms with Crippen molar-refractivity contribution in [3.05, 3.63) is 35.7 Å². The monoisotopic (exact) mass is 283 g/mol. The molecular weight excluding hydrogens is 268 g/mol. The van der Waals surface area contributed by atoms with Crippen molar-refractivity contribution < 1.29 is 18.0 Å². The van der Waals surface area contributed by atoms with Crippen LogP contribution < -0.4 is 5.73 Å². The minimum atomic E-state index is -1.03. The van der Waals surface area contributed by atoms with Crippen molar-refractivity contribution >= 4 is 0 Å². The van der Waals surface area contributed by atoms with Gasteiger partial charge in [0.15, 0.2) is 17.5 Å². The molecule has 0 saturated heterocycles. The lowest BCUT2D eigenvalue weighted by Crippen LogP contribution is -2.18. The van der Waals surface area contributed by atoms with Gasteiger partial charge in [0, 0.05) is 6.61 Å². The molecule has 0 aliphatic heterocycles. The van der Waals surface area contributed by atoms with Crippen molar-refractivity contribution in [3.8, 4) is 11.5 Å². The van der Waals surface area contributed by atoms with Gasteiger partial charge in [-0.1, -0.05) is 18.1 Å². The summed E-state index contributed by atoms with van der Waals surface area (Å²) in [5, 5.41) is 3.66. The molecule has 2 aromatic rings. The SMILES string of the molecule is CCCOCC(N)c1noc(-c2cccc(F)c2F)n1. The molecule has 1 aromatic heterocycles. The number of hydrogen-bond acceptors (Lipinski definition) is 5. The van der Waals surface area contributed by atoms with Gasteiger partial charge in [-0.05, 0) is 18.6 Å². The molecule has 0 bridgehead atoms. The Kier molecular flexibility index (Phi) is 4.75. The van der Waals surface area contributed by atoms with Crippen molar-refractivity contribution in [3.63, 3.8) is 0 Å². The predicted octanol–water partition coefficient (Wildman–Crippen LogP) is 2.44. The third-order valence-corrected chi connectivity index (χ3v) is 2.60. The zero-order valence-corrected chi connectivity index (χ0v) is 11.0. The normalized spacial score (nSPS) is 12.6. The Morgan fingerprint density at radius 3 is 2.95 bits per heavy atom. The van der Waals surface area contributed by atoms with Crippen LogP contribution in [0.4, 0.5) is 8.78 Å². The van der Waals surface area contributed by atoms with E-state index in [-0.39, 0.29) is 23.9 Å². The molecular formula is C13H15F2N3O2. The third kappa shape index (κ3) is 3.17. The summed E-state index contributed by atoms with van der Waals surface area (Å²) in [5.74, 6) is -1.92. The van der Waals surface area contributed by atoms with E-state index in [1.165, 1.54) is 12.1 Å². The van der Waals surface area contributed by atoms with Crippen molar-refractivity contribution in [2.75, 3.05) is 13.2 Å². The molecule has 2 rings (SSSR count). The van der Waals surface area contributed by atoms with E-state index >= 15 is 0 Å². The Hall–Kier alpha value is -1.86. The first kappa shape index (κ1) is 14.5. The van der Waals surface area contributed by atoms with Crippen LogP contribution in [0.15, 0.2) is 22.7 Å². The molecule has 1 aromatic carbocycles. The highest BCUT2D eigenvalue weighted by molar-refractivity contribution is 5.53. The second-order valence-corrected chi connectivity index (χ2v) is 4.24. The summed E-state index contributed by atoms with van der Waals surface area (Å²) in [5.41, 5.74) is 5.73. The first-order valence-corrected chi connectivity index (χ1v) is 6.24. The van der Waals surface area contributed by atoms with Crippen LogP contribution in [-0.2, 0) is 4.74 Å². The van der Waals surface area contributed by atoms with Crippen LogP contribution in [-0.4, -0.2) is 23.4 Å². The molecule has 20 heavy (non-hydrogen) atoms. The van der Waals surface area contributed by atoms with Gasteiger partial charge in [0.2, 0.25) is 0 Å². The molecule has 0 fully saturated rings. The number of benzene rings is 1. The summed E-state index contributed by atoms with van der Waals surface area (Å²) >= 11 is 0. The van der Waals surface area contributed by atoms with Crippen LogP contribution in [0.3, 0.4) is 0 Å². The minimum Gasteiger partial charge on any atom is -0.379 e. The third-order valence-electron chi connectivity index (χ3n) is 2.60. The van der Waals surface area contributed by atoms with E-state index in [2.05, 4.69) is 10.1 Å². The highest BCUT2D eigenvalue weighted by Gasteiger charge is 2.19. The lowest BCUT2D eigenvalue weighted by Gasteiger charge is -2.06. The van der Waals surface area contributed by atoms with Gasteiger partial charge in [-0.15, -0.1) is 0 Å². The van der Waals surface area contributed by atoms with E-state index in [0.29, 0.717) is 6.61 Å². The van der Waals surface area contributed by atoms with Gasteiger partial charge in [0.05, 0.1) is 18.2 Å². The largest absolute Gasteiger partial charge is 0.379 e. The fourth-order valence-electron chi connectivity index (χ4n) is 1.59. The average Bonchev–Trinajstić information content (AvgIpc) is 2.91. The molecule has 5 nitrogen and oxygen atoms in total. The lowest BCUT2D eigenvalue weighted by molar-refractivity contribution is 0.119. The maximum absolute atomic E-state index is 13.6. The van der Waals surface area contributed by atoms with Gasteiger partial charge in [-0.3, -0.25) is 0 Å². The number of nitrogens with two attached hydrogens (primary N) is 1.